The van der Waals surface area contributed by atoms with Crippen LogP contribution in [0.5, 0.6) is 0 Å². The molecular weight excluding hydrogens is 404 g/mol. The maximum absolute atomic E-state index is 12.5. The smallest absolute Gasteiger partial charge is 0.252 e. The van der Waals surface area contributed by atoms with E-state index >= 15 is 0 Å². The van der Waals surface area contributed by atoms with Crippen molar-refractivity contribution in [1.82, 2.24) is 19.2 Å². The van der Waals surface area contributed by atoms with Crippen molar-refractivity contribution < 1.29 is 13.2 Å². The standard InChI is InChI=1S/C14H15ClN4O3S3/c15-11-2-3-13(24-11)25(21,22)19-8-6-18(7-9-19)12(20)10-23-14-16-4-1-5-17-14/h1-5H,6-10H2. The van der Waals surface area contributed by atoms with Crippen LogP contribution >= 0.6 is 34.7 Å². The van der Waals surface area contributed by atoms with Gasteiger partial charge in [-0.3, -0.25) is 4.79 Å². The summed E-state index contributed by atoms with van der Waals surface area (Å²) in [6, 6.07) is 4.80. The van der Waals surface area contributed by atoms with Crippen molar-refractivity contribution in [3.8, 4) is 0 Å². The van der Waals surface area contributed by atoms with Gasteiger partial charge < -0.3 is 4.90 Å². The van der Waals surface area contributed by atoms with Crippen molar-refractivity contribution in [3.63, 3.8) is 0 Å². The number of halogens is 1. The van der Waals surface area contributed by atoms with Crippen LogP contribution in [0.4, 0.5) is 0 Å². The van der Waals surface area contributed by atoms with Gasteiger partial charge in [0.1, 0.15) is 4.21 Å². The molecule has 2 aromatic rings. The third kappa shape index (κ3) is 4.50. The number of sulfonamides is 1. The third-order valence-electron chi connectivity index (χ3n) is 3.60. The Bertz CT molecular complexity index is 836. The normalized spacial score (nSPS) is 16.1. The van der Waals surface area contributed by atoms with E-state index in [9.17, 15) is 13.2 Å². The number of carbonyl (C=O) groups excluding carboxylic acids is 1. The second-order valence-corrected chi connectivity index (χ2v) is 9.99. The zero-order chi connectivity index (χ0) is 17.9. The third-order valence-corrected chi connectivity index (χ3v) is 8.06. The molecule has 0 aliphatic carbocycles. The van der Waals surface area contributed by atoms with Crippen molar-refractivity contribution in [2.24, 2.45) is 0 Å². The van der Waals surface area contributed by atoms with Crippen LogP contribution in [-0.4, -0.2) is 65.4 Å². The molecule has 11 heteroatoms. The summed E-state index contributed by atoms with van der Waals surface area (Å²) in [5.41, 5.74) is 0. The van der Waals surface area contributed by atoms with Gasteiger partial charge in [-0.2, -0.15) is 4.31 Å². The van der Waals surface area contributed by atoms with Gasteiger partial charge in [0, 0.05) is 38.6 Å². The molecule has 25 heavy (non-hydrogen) atoms. The highest BCUT2D eigenvalue weighted by Crippen LogP contribution is 2.28. The Morgan fingerprint density at radius 2 is 1.88 bits per heavy atom. The summed E-state index contributed by atoms with van der Waals surface area (Å²) in [6.45, 7) is 1.28. The molecule has 7 nitrogen and oxygen atoms in total. The van der Waals surface area contributed by atoms with Crippen LogP contribution in [0.15, 0.2) is 40.0 Å². The number of thiophene rings is 1. The van der Waals surface area contributed by atoms with Crippen LogP contribution in [0.3, 0.4) is 0 Å². The molecule has 0 spiro atoms. The fourth-order valence-corrected chi connectivity index (χ4v) is 6.08. The van der Waals surface area contributed by atoms with E-state index in [1.807, 2.05) is 0 Å². The minimum Gasteiger partial charge on any atom is -0.339 e. The molecule has 0 N–H and O–H groups in total. The van der Waals surface area contributed by atoms with E-state index in [0.29, 0.717) is 22.6 Å². The minimum atomic E-state index is -3.54. The Labute approximate surface area is 159 Å². The van der Waals surface area contributed by atoms with E-state index in [1.54, 1.807) is 29.4 Å². The van der Waals surface area contributed by atoms with Gasteiger partial charge in [-0.15, -0.1) is 11.3 Å². The lowest BCUT2D eigenvalue weighted by Gasteiger charge is -2.33. The fourth-order valence-electron chi connectivity index (χ4n) is 2.32. The molecule has 134 valence electrons. The molecule has 1 aliphatic rings. The molecular formula is C14H15ClN4O3S3. The zero-order valence-electron chi connectivity index (χ0n) is 13.0. The van der Waals surface area contributed by atoms with Crippen molar-refractivity contribution in [2.45, 2.75) is 9.37 Å². The maximum Gasteiger partial charge on any atom is 0.252 e. The first-order valence-corrected chi connectivity index (χ1v) is 11.0. The number of carbonyl (C=O) groups is 1. The summed E-state index contributed by atoms with van der Waals surface area (Å²) in [5.74, 6) is 0.186. The lowest BCUT2D eigenvalue weighted by Crippen LogP contribution is -2.50. The summed E-state index contributed by atoms with van der Waals surface area (Å²) < 4.78 is 27.1. The summed E-state index contributed by atoms with van der Waals surface area (Å²) in [5, 5.41) is 0.548. The predicted molar refractivity (Wildman–Crippen MR) is 97.4 cm³/mol. The number of aromatic nitrogens is 2. The monoisotopic (exact) mass is 418 g/mol. The molecule has 0 saturated carbocycles. The minimum absolute atomic E-state index is 0.0475. The van der Waals surface area contributed by atoms with E-state index in [-0.39, 0.29) is 29.0 Å². The van der Waals surface area contributed by atoms with Gasteiger partial charge in [0.15, 0.2) is 5.16 Å². The van der Waals surface area contributed by atoms with Crippen LogP contribution in [0.2, 0.25) is 4.34 Å². The Hall–Kier alpha value is -1.20. The van der Waals surface area contributed by atoms with Crippen LogP contribution < -0.4 is 0 Å². The lowest BCUT2D eigenvalue weighted by atomic mass is 10.3. The molecule has 1 aliphatic heterocycles. The fraction of sp³-hybridized carbons (Fsp3) is 0.357. The first-order valence-electron chi connectivity index (χ1n) is 7.40. The Kier molecular flexibility index (Phi) is 5.95. The van der Waals surface area contributed by atoms with Crippen LogP contribution in [0, 0.1) is 0 Å². The Morgan fingerprint density at radius 1 is 1.20 bits per heavy atom. The number of thioether (sulfide) groups is 1. The van der Waals surface area contributed by atoms with E-state index in [2.05, 4.69) is 9.97 Å². The van der Waals surface area contributed by atoms with Gasteiger partial charge in [0.2, 0.25) is 5.91 Å². The van der Waals surface area contributed by atoms with Crippen molar-refractivity contribution in [1.29, 1.82) is 0 Å². The molecule has 3 rings (SSSR count). The van der Waals surface area contributed by atoms with Gasteiger partial charge in [-0.25, -0.2) is 18.4 Å². The largest absolute Gasteiger partial charge is 0.339 e. The molecule has 0 bridgehead atoms. The van der Waals surface area contributed by atoms with Crippen LogP contribution in [0.1, 0.15) is 0 Å². The number of rotatable bonds is 5. The summed E-state index contributed by atoms with van der Waals surface area (Å²) in [6.07, 6.45) is 3.25. The van der Waals surface area contributed by atoms with Gasteiger partial charge in [-0.1, -0.05) is 23.4 Å². The molecule has 0 aromatic carbocycles. The van der Waals surface area contributed by atoms with Gasteiger partial charge in [-0.05, 0) is 18.2 Å². The highest BCUT2D eigenvalue weighted by atomic mass is 35.5. The highest BCUT2D eigenvalue weighted by Gasteiger charge is 2.31. The average molecular weight is 419 g/mol. The predicted octanol–water partition coefficient (Wildman–Crippen LogP) is 1.82. The maximum atomic E-state index is 12.5. The number of hydrogen-bond donors (Lipinski definition) is 0. The molecule has 0 unspecified atom stereocenters. The van der Waals surface area contributed by atoms with Crippen molar-refractivity contribution in [3.05, 3.63) is 34.9 Å². The topological polar surface area (TPSA) is 83.5 Å². The second-order valence-electron chi connectivity index (χ2n) is 5.16. The number of nitrogens with zero attached hydrogens (tertiary/aromatic N) is 4. The van der Waals surface area contributed by atoms with Crippen molar-refractivity contribution in [2.75, 3.05) is 31.9 Å². The first kappa shape index (κ1) is 18.6. The van der Waals surface area contributed by atoms with Crippen molar-refractivity contribution >= 4 is 50.6 Å². The molecule has 1 saturated heterocycles. The lowest BCUT2D eigenvalue weighted by molar-refractivity contribution is -0.129. The average Bonchev–Trinajstić information content (AvgIpc) is 3.08. The van der Waals surface area contributed by atoms with Crippen LogP contribution in [-0.2, 0) is 14.8 Å². The summed E-state index contributed by atoms with van der Waals surface area (Å²) in [4.78, 5) is 22.1. The molecule has 1 amide bonds. The number of hydrogen-bond acceptors (Lipinski definition) is 7. The second kappa shape index (κ2) is 8.00. The Morgan fingerprint density at radius 3 is 2.48 bits per heavy atom. The molecule has 1 fully saturated rings. The summed E-state index contributed by atoms with van der Waals surface area (Å²) >= 11 is 8.13. The summed E-state index contributed by atoms with van der Waals surface area (Å²) in [7, 11) is -3.54. The van der Waals surface area contributed by atoms with E-state index in [4.69, 9.17) is 11.6 Å². The van der Waals surface area contributed by atoms with E-state index < -0.39 is 10.0 Å². The number of piperazine rings is 1. The van der Waals surface area contributed by atoms with E-state index in [0.717, 1.165) is 11.3 Å². The quantitative estimate of drug-likeness (QED) is 0.544. The first-order chi connectivity index (χ1) is 12.0. The molecule has 0 atom stereocenters. The molecule has 3 heterocycles. The molecule has 2 aromatic heterocycles. The van der Waals surface area contributed by atoms with Gasteiger partial charge >= 0.3 is 0 Å². The Balaban J connectivity index is 1.54. The number of amides is 1. The molecule has 0 radical (unpaired) electrons. The van der Waals surface area contributed by atoms with Gasteiger partial charge in [0.05, 0.1) is 10.1 Å². The van der Waals surface area contributed by atoms with E-state index in [1.165, 1.54) is 22.1 Å². The zero-order valence-corrected chi connectivity index (χ0v) is 16.2. The SMILES string of the molecule is O=C(CSc1ncccn1)N1CCN(S(=O)(=O)c2ccc(Cl)s2)CC1. The van der Waals surface area contributed by atoms with Gasteiger partial charge in [0.25, 0.3) is 10.0 Å². The van der Waals surface area contributed by atoms with Crippen LogP contribution in [0.25, 0.3) is 0 Å². The highest BCUT2D eigenvalue weighted by molar-refractivity contribution is 7.99.